The molecule has 11 heteroatoms. The molecule has 128 valence electrons. The molecule has 2 aromatic rings. The van der Waals surface area contributed by atoms with E-state index in [0.717, 1.165) is 12.1 Å². The third kappa shape index (κ3) is 4.29. The summed E-state index contributed by atoms with van der Waals surface area (Å²) in [6, 6.07) is 9.21. The minimum Gasteiger partial charge on any atom is -0.306 e. The van der Waals surface area contributed by atoms with E-state index in [2.05, 4.69) is 10.6 Å². The lowest BCUT2D eigenvalue weighted by Crippen LogP contribution is -2.22. The molecule has 0 unspecified atom stereocenters. The second-order valence-corrected chi connectivity index (χ2v) is 7.30. The molecule has 0 aliphatic rings. The van der Waals surface area contributed by atoms with Crippen LogP contribution in [0.4, 0.5) is 16.2 Å². The smallest absolute Gasteiger partial charge is 0.306 e. The fourth-order valence-corrected chi connectivity index (χ4v) is 3.16. The largest absolute Gasteiger partial charge is 0.323 e. The SMILES string of the molecule is O=C(Nc1ccccc1S(=O)(=O)O)Nc1ccccc1S(=O)(=O)O. The first-order valence-electron chi connectivity index (χ1n) is 6.30. The van der Waals surface area contributed by atoms with Crippen LogP contribution in [0.1, 0.15) is 0 Å². The van der Waals surface area contributed by atoms with Crippen molar-refractivity contribution in [1.29, 1.82) is 0 Å². The Balaban J connectivity index is 2.29. The topological polar surface area (TPSA) is 150 Å². The number of carbonyl (C=O) groups excluding carboxylic acids is 1. The fourth-order valence-electron chi connectivity index (χ4n) is 1.87. The van der Waals surface area contributed by atoms with Gasteiger partial charge in [-0.1, -0.05) is 24.3 Å². The molecule has 0 bridgehead atoms. The third-order valence-electron chi connectivity index (χ3n) is 2.83. The predicted molar refractivity (Wildman–Crippen MR) is 85.2 cm³/mol. The molecule has 0 heterocycles. The number of nitrogens with one attached hydrogen (secondary N) is 2. The molecule has 0 saturated carbocycles. The highest BCUT2D eigenvalue weighted by Crippen LogP contribution is 2.23. The van der Waals surface area contributed by atoms with Gasteiger partial charge in [-0.15, -0.1) is 0 Å². The van der Waals surface area contributed by atoms with Crippen LogP contribution in [0.15, 0.2) is 58.3 Å². The van der Waals surface area contributed by atoms with E-state index in [9.17, 15) is 21.6 Å². The highest BCUT2D eigenvalue weighted by Gasteiger charge is 2.19. The number of rotatable bonds is 4. The summed E-state index contributed by atoms with van der Waals surface area (Å²) in [5.41, 5.74) is -0.413. The van der Waals surface area contributed by atoms with Gasteiger partial charge in [-0.2, -0.15) is 16.8 Å². The molecule has 0 aromatic heterocycles. The van der Waals surface area contributed by atoms with Crippen molar-refractivity contribution in [2.24, 2.45) is 0 Å². The molecule has 4 N–H and O–H groups in total. The van der Waals surface area contributed by atoms with E-state index in [0.29, 0.717) is 0 Å². The maximum absolute atomic E-state index is 12.0. The van der Waals surface area contributed by atoms with Gasteiger partial charge in [0.25, 0.3) is 20.2 Å². The summed E-state index contributed by atoms with van der Waals surface area (Å²) < 4.78 is 63.2. The van der Waals surface area contributed by atoms with Crippen molar-refractivity contribution in [2.45, 2.75) is 9.79 Å². The Hall–Kier alpha value is -2.47. The van der Waals surface area contributed by atoms with Gasteiger partial charge in [-0.25, -0.2) is 4.79 Å². The number of urea groups is 1. The van der Waals surface area contributed by atoms with E-state index in [4.69, 9.17) is 9.11 Å². The molecular formula is C13H12N2O7S2. The summed E-state index contributed by atoms with van der Waals surface area (Å²) >= 11 is 0. The highest BCUT2D eigenvalue weighted by atomic mass is 32.2. The number of benzene rings is 2. The summed E-state index contributed by atoms with van der Waals surface area (Å²) in [5.74, 6) is 0. The van der Waals surface area contributed by atoms with Crippen LogP contribution in [-0.4, -0.2) is 32.0 Å². The monoisotopic (exact) mass is 372 g/mol. The minimum absolute atomic E-state index is 0.207. The number of para-hydroxylation sites is 2. The van der Waals surface area contributed by atoms with Crippen LogP contribution in [0.25, 0.3) is 0 Å². The lowest BCUT2D eigenvalue weighted by atomic mass is 10.3. The molecule has 9 nitrogen and oxygen atoms in total. The van der Waals surface area contributed by atoms with Crippen LogP contribution in [-0.2, 0) is 20.2 Å². The van der Waals surface area contributed by atoms with Gasteiger partial charge in [0, 0.05) is 0 Å². The molecule has 2 aromatic carbocycles. The third-order valence-corrected chi connectivity index (χ3v) is 4.65. The number of anilines is 2. The van der Waals surface area contributed by atoms with Gasteiger partial charge in [0.05, 0.1) is 11.4 Å². The van der Waals surface area contributed by atoms with Gasteiger partial charge in [0.15, 0.2) is 0 Å². The van der Waals surface area contributed by atoms with Crippen LogP contribution in [0.5, 0.6) is 0 Å². The van der Waals surface area contributed by atoms with Crippen LogP contribution < -0.4 is 10.6 Å². The Morgan fingerprint density at radius 2 is 1.04 bits per heavy atom. The maximum Gasteiger partial charge on any atom is 0.323 e. The average Bonchev–Trinajstić information content (AvgIpc) is 2.46. The summed E-state index contributed by atoms with van der Waals surface area (Å²) in [7, 11) is -9.12. The Morgan fingerprint density at radius 3 is 1.38 bits per heavy atom. The molecule has 0 spiro atoms. The number of amides is 2. The minimum atomic E-state index is -4.56. The molecule has 0 radical (unpaired) electrons. The van der Waals surface area contributed by atoms with Crippen LogP contribution in [0, 0.1) is 0 Å². The van der Waals surface area contributed by atoms with Gasteiger partial charge in [0.1, 0.15) is 9.79 Å². The lowest BCUT2D eigenvalue weighted by molar-refractivity contribution is 0.262. The van der Waals surface area contributed by atoms with E-state index < -0.39 is 36.1 Å². The summed E-state index contributed by atoms with van der Waals surface area (Å²) in [6.07, 6.45) is 0. The Bertz CT molecular complexity index is 905. The molecule has 0 aliphatic heterocycles. The van der Waals surface area contributed by atoms with Crippen molar-refractivity contribution in [2.75, 3.05) is 10.6 Å². The molecule has 0 fully saturated rings. The molecule has 0 saturated heterocycles. The molecular weight excluding hydrogens is 360 g/mol. The van der Waals surface area contributed by atoms with Gasteiger partial charge in [-0.05, 0) is 24.3 Å². The first-order valence-corrected chi connectivity index (χ1v) is 9.18. The Kier molecular flexibility index (Phi) is 4.89. The molecule has 2 amide bonds. The van der Waals surface area contributed by atoms with Crippen LogP contribution >= 0.6 is 0 Å². The second-order valence-electron chi connectivity index (χ2n) is 4.52. The second kappa shape index (κ2) is 6.57. The van der Waals surface area contributed by atoms with E-state index in [1.165, 1.54) is 36.4 Å². The number of hydrogen-bond acceptors (Lipinski definition) is 5. The van der Waals surface area contributed by atoms with Crippen molar-refractivity contribution in [3.8, 4) is 0 Å². The zero-order valence-corrected chi connectivity index (χ0v) is 13.5. The Labute approximate surface area is 137 Å². The van der Waals surface area contributed by atoms with Gasteiger partial charge < -0.3 is 10.6 Å². The lowest BCUT2D eigenvalue weighted by Gasteiger charge is -2.12. The zero-order chi connectivity index (χ0) is 18.0. The molecule has 0 atom stereocenters. The quantitative estimate of drug-likeness (QED) is 0.598. The fraction of sp³-hybridized carbons (Fsp3) is 0. The van der Waals surface area contributed by atoms with E-state index in [1.54, 1.807) is 0 Å². The van der Waals surface area contributed by atoms with Gasteiger partial charge in [-0.3, -0.25) is 9.11 Å². The van der Waals surface area contributed by atoms with Crippen LogP contribution in [0.3, 0.4) is 0 Å². The van der Waals surface area contributed by atoms with E-state index >= 15 is 0 Å². The first kappa shape index (κ1) is 17.9. The number of hydrogen-bond donors (Lipinski definition) is 4. The summed E-state index contributed by atoms with van der Waals surface area (Å²) in [5, 5.41) is 4.36. The standard InChI is InChI=1S/C13H12N2O7S2/c16-13(14-9-5-1-3-7-11(9)23(17,18)19)15-10-6-2-4-8-12(10)24(20,21)22/h1-8H,(H2,14,15,16)(H,17,18,19)(H,20,21,22). The molecule has 2 rings (SSSR count). The van der Waals surface area contributed by atoms with Crippen molar-refractivity contribution in [1.82, 2.24) is 0 Å². The average molecular weight is 372 g/mol. The van der Waals surface area contributed by atoms with Crippen LogP contribution in [0.2, 0.25) is 0 Å². The van der Waals surface area contributed by atoms with Crippen molar-refractivity contribution >= 4 is 37.6 Å². The normalized spacial score (nSPS) is 11.8. The first-order chi connectivity index (χ1) is 11.1. The van der Waals surface area contributed by atoms with Gasteiger partial charge in [0.2, 0.25) is 0 Å². The Morgan fingerprint density at radius 1 is 0.708 bits per heavy atom. The molecule has 0 aliphatic carbocycles. The van der Waals surface area contributed by atoms with E-state index in [-0.39, 0.29) is 11.4 Å². The van der Waals surface area contributed by atoms with Crippen molar-refractivity contribution in [3.63, 3.8) is 0 Å². The maximum atomic E-state index is 12.0. The summed E-state index contributed by atoms with van der Waals surface area (Å²) in [6.45, 7) is 0. The van der Waals surface area contributed by atoms with Gasteiger partial charge >= 0.3 is 6.03 Å². The number of carbonyl (C=O) groups is 1. The predicted octanol–water partition coefficient (Wildman–Crippen LogP) is 1.82. The molecule has 24 heavy (non-hydrogen) atoms. The zero-order valence-electron chi connectivity index (χ0n) is 11.9. The van der Waals surface area contributed by atoms with E-state index in [1.807, 2.05) is 0 Å². The van der Waals surface area contributed by atoms with Crippen molar-refractivity contribution in [3.05, 3.63) is 48.5 Å². The highest BCUT2D eigenvalue weighted by molar-refractivity contribution is 7.86. The van der Waals surface area contributed by atoms with Crippen molar-refractivity contribution < 1.29 is 30.7 Å². The summed E-state index contributed by atoms with van der Waals surface area (Å²) in [4.78, 5) is 10.9.